The molecule has 3 aromatic rings. The summed E-state index contributed by atoms with van der Waals surface area (Å²) in [5.41, 5.74) is 2.18. The number of nitrogens with zero attached hydrogens (tertiary/aromatic N) is 4. The molecule has 224 valence electrons. The molecule has 2 fully saturated rings. The fraction of sp³-hybridized carbons (Fsp3) is 0.469. The Kier molecular flexibility index (Phi) is 8.52. The van der Waals surface area contributed by atoms with Crippen molar-refractivity contribution in [3.8, 4) is 11.3 Å². The third-order valence-corrected chi connectivity index (χ3v) is 7.66. The highest BCUT2D eigenvalue weighted by Gasteiger charge is 2.38. The molecule has 2 unspecified atom stereocenters. The first-order valence-electron chi connectivity index (χ1n) is 14.4. The summed E-state index contributed by atoms with van der Waals surface area (Å²) in [5, 5.41) is 0. The van der Waals surface area contributed by atoms with Crippen LogP contribution in [0.2, 0.25) is 0 Å². The summed E-state index contributed by atoms with van der Waals surface area (Å²) in [6.07, 6.45) is 0.0390. The van der Waals surface area contributed by atoms with Crippen molar-refractivity contribution in [2.75, 3.05) is 26.2 Å². The highest BCUT2D eigenvalue weighted by atomic mass is 19.1. The zero-order valence-corrected chi connectivity index (χ0v) is 24.6. The van der Waals surface area contributed by atoms with Gasteiger partial charge in [0.1, 0.15) is 30.0 Å². The number of hydrogen-bond donors (Lipinski definition) is 0. The molecule has 2 amide bonds. The molecule has 0 radical (unpaired) electrons. The summed E-state index contributed by atoms with van der Waals surface area (Å²) in [6, 6.07) is 14.2. The standard InChI is InChI=1S/C32H38F2N4O4/c1-21-14-24(10-11-26(21)33)28-19-37(15-23-16-38(17-23)31(40)42-32(2,3)4)29(35-28)25-12-13-36(18-27(25)34)30(39)41-20-22-8-6-5-7-9-22/h5-11,14,19,23,25,27H,12-13,15-18,20H2,1-4H3. The van der Waals surface area contributed by atoms with Crippen molar-refractivity contribution < 1.29 is 27.8 Å². The minimum atomic E-state index is -1.34. The van der Waals surface area contributed by atoms with Gasteiger partial charge in [0.05, 0.1) is 18.2 Å². The fourth-order valence-corrected chi connectivity index (χ4v) is 5.43. The van der Waals surface area contributed by atoms with Crippen LogP contribution in [-0.2, 0) is 22.6 Å². The molecule has 2 saturated heterocycles. The Labute approximate surface area is 245 Å². The first kappa shape index (κ1) is 29.5. The van der Waals surface area contributed by atoms with Gasteiger partial charge in [0.2, 0.25) is 0 Å². The van der Waals surface area contributed by atoms with E-state index < -0.39 is 23.8 Å². The Morgan fingerprint density at radius 1 is 1.02 bits per heavy atom. The number of carbonyl (C=O) groups excluding carboxylic acids is 2. The van der Waals surface area contributed by atoms with E-state index in [0.29, 0.717) is 49.7 Å². The van der Waals surface area contributed by atoms with E-state index in [1.165, 1.54) is 11.0 Å². The second kappa shape index (κ2) is 12.1. The minimum Gasteiger partial charge on any atom is -0.445 e. The van der Waals surface area contributed by atoms with E-state index in [1.807, 2.05) is 61.9 Å². The van der Waals surface area contributed by atoms with Crippen molar-refractivity contribution in [1.82, 2.24) is 19.4 Å². The van der Waals surface area contributed by atoms with Gasteiger partial charge in [-0.2, -0.15) is 0 Å². The van der Waals surface area contributed by atoms with Crippen LogP contribution in [-0.4, -0.2) is 69.5 Å². The number of hydrogen-bond acceptors (Lipinski definition) is 5. The topological polar surface area (TPSA) is 76.9 Å². The van der Waals surface area contributed by atoms with Gasteiger partial charge in [0, 0.05) is 43.9 Å². The number of aromatic nitrogens is 2. The number of ether oxygens (including phenoxy) is 2. The fourth-order valence-electron chi connectivity index (χ4n) is 5.43. The zero-order chi connectivity index (χ0) is 30.0. The smallest absolute Gasteiger partial charge is 0.410 e. The van der Waals surface area contributed by atoms with Gasteiger partial charge in [-0.1, -0.05) is 30.3 Å². The van der Waals surface area contributed by atoms with Gasteiger partial charge in [-0.3, -0.25) is 0 Å². The molecule has 2 aromatic carbocycles. The lowest BCUT2D eigenvalue weighted by Gasteiger charge is -2.40. The molecule has 2 aliphatic heterocycles. The number of imidazole rings is 1. The molecule has 0 saturated carbocycles. The number of rotatable bonds is 6. The molecule has 1 aromatic heterocycles. The van der Waals surface area contributed by atoms with Crippen LogP contribution in [0, 0.1) is 18.7 Å². The Hall–Kier alpha value is -3.95. The maximum Gasteiger partial charge on any atom is 0.410 e. The number of amides is 2. The molecule has 2 atom stereocenters. The third kappa shape index (κ3) is 6.91. The van der Waals surface area contributed by atoms with Gasteiger partial charge >= 0.3 is 12.2 Å². The monoisotopic (exact) mass is 580 g/mol. The van der Waals surface area contributed by atoms with E-state index >= 15 is 4.39 Å². The predicted octanol–water partition coefficient (Wildman–Crippen LogP) is 6.33. The molecule has 42 heavy (non-hydrogen) atoms. The molecule has 0 aliphatic carbocycles. The first-order chi connectivity index (χ1) is 20.0. The average molecular weight is 581 g/mol. The number of aryl methyl sites for hydroxylation is 1. The normalized spacial score (nSPS) is 19.4. The predicted molar refractivity (Wildman–Crippen MR) is 154 cm³/mol. The quantitative estimate of drug-likeness (QED) is 0.341. The van der Waals surface area contributed by atoms with Crippen LogP contribution in [0.5, 0.6) is 0 Å². The zero-order valence-electron chi connectivity index (χ0n) is 24.6. The molecule has 0 spiro atoms. The van der Waals surface area contributed by atoms with Crippen molar-refractivity contribution in [3.63, 3.8) is 0 Å². The molecular formula is C32H38F2N4O4. The molecule has 0 bridgehead atoms. The number of halogens is 2. The summed E-state index contributed by atoms with van der Waals surface area (Å²) in [5.74, 6) is -0.0853. The maximum atomic E-state index is 15.8. The van der Waals surface area contributed by atoms with E-state index in [9.17, 15) is 14.0 Å². The lowest BCUT2D eigenvalue weighted by molar-refractivity contribution is -0.00363. The molecule has 0 N–H and O–H groups in total. The van der Waals surface area contributed by atoms with Crippen molar-refractivity contribution in [2.45, 2.75) is 65.0 Å². The molecule has 2 aliphatic rings. The molecule has 3 heterocycles. The van der Waals surface area contributed by atoms with Gasteiger partial charge in [0.15, 0.2) is 0 Å². The summed E-state index contributed by atoms with van der Waals surface area (Å²) >= 11 is 0. The van der Waals surface area contributed by atoms with Crippen molar-refractivity contribution in [1.29, 1.82) is 0 Å². The van der Waals surface area contributed by atoms with E-state index in [4.69, 9.17) is 14.5 Å². The Morgan fingerprint density at radius 2 is 1.76 bits per heavy atom. The van der Waals surface area contributed by atoms with Crippen LogP contribution in [0.15, 0.2) is 54.7 Å². The van der Waals surface area contributed by atoms with E-state index in [1.54, 1.807) is 24.0 Å². The largest absolute Gasteiger partial charge is 0.445 e. The van der Waals surface area contributed by atoms with Crippen LogP contribution < -0.4 is 0 Å². The first-order valence-corrected chi connectivity index (χ1v) is 14.4. The number of alkyl halides is 1. The van der Waals surface area contributed by atoms with Crippen LogP contribution in [0.1, 0.15) is 50.1 Å². The second-order valence-corrected chi connectivity index (χ2v) is 12.2. The summed E-state index contributed by atoms with van der Waals surface area (Å²) < 4.78 is 42.6. The lowest BCUT2D eigenvalue weighted by Crippen LogP contribution is -2.53. The summed E-state index contributed by atoms with van der Waals surface area (Å²) in [7, 11) is 0. The van der Waals surface area contributed by atoms with Crippen molar-refractivity contribution in [3.05, 3.63) is 77.5 Å². The van der Waals surface area contributed by atoms with Crippen molar-refractivity contribution in [2.24, 2.45) is 5.92 Å². The van der Waals surface area contributed by atoms with Crippen LogP contribution in [0.25, 0.3) is 11.3 Å². The minimum absolute atomic E-state index is 0.0913. The molecule has 5 rings (SSSR count). The highest BCUT2D eigenvalue weighted by molar-refractivity contribution is 5.69. The molecule has 8 nitrogen and oxygen atoms in total. The van der Waals surface area contributed by atoms with Gasteiger partial charge in [0.25, 0.3) is 0 Å². The summed E-state index contributed by atoms with van der Waals surface area (Å²) in [6.45, 7) is 9.18. The molecular weight excluding hydrogens is 542 g/mol. The van der Waals surface area contributed by atoms with Gasteiger partial charge in [-0.15, -0.1) is 0 Å². The summed E-state index contributed by atoms with van der Waals surface area (Å²) in [4.78, 5) is 33.0. The number of benzene rings is 2. The SMILES string of the molecule is Cc1cc(-c2cn(CC3CN(C(=O)OC(C)(C)C)C3)c(C3CCN(C(=O)OCc4ccccc4)CC3F)n2)ccc1F. The van der Waals surface area contributed by atoms with Crippen LogP contribution in [0.3, 0.4) is 0 Å². The average Bonchev–Trinajstić information content (AvgIpc) is 3.33. The van der Waals surface area contributed by atoms with E-state index in [-0.39, 0.29) is 31.0 Å². The Balaban J connectivity index is 1.29. The Bertz CT molecular complexity index is 1420. The van der Waals surface area contributed by atoms with Crippen molar-refractivity contribution >= 4 is 12.2 Å². The van der Waals surface area contributed by atoms with Crippen LogP contribution in [0.4, 0.5) is 18.4 Å². The number of piperidine rings is 1. The van der Waals surface area contributed by atoms with Gasteiger partial charge in [-0.05, 0) is 63.4 Å². The molecule has 10 heteroatoms. The third-order valence-electron chi connectivity index (χ3n) is 7.66. The van der Waals surface area contributed by atoms with Crippen LogP contribution >= 0.6 is 0 Å². The highest BCUT2D eigenvalue weighted by Crippen LogP contribution is 2.34. The maximum absolute atomic E-state index is 15.8. The second-order valence-electron chi connectivity index (χ2n) is 12.2. The lowest BCUT2D eigenvalue weighted by atomic mass is 9.93. The van der Waals surface area contributed by atoms with E-state index in [0.717, 1.165) is 11.1 Å². The van der Waals surface area contributed by atoms with E-state index in [2.05, 4.69) is 0 Å². The number of carbonyl (C=O) groups is 2. The van der Waals surface area contributed by atoms with Gasteiger partial charge < -0.3 is 23.8 Å². The van der Waals surface area contributed by atoms with Gasteiger partial charge in [-0.25, -0.2) is 23.4 Å². The Morgan fingerprint density at radius 3 is 2.43 bits per heavy atom. The number of likely N-dealkylation sites (tertiary alicyclic amines) is 2.